The third-order valence-electron chi connectivity index (χ3n) is 2.69. The lowest BCUT2D eigenvalue weighted by atomic mass is 10.1. The van der Waals surface area contributed by atoms with Gasteiger partial charge in [-0.2, -0.15) is 5.10 Å². The van der Waals surface area contributed by atoms with Gasteiger partial charge in [0.25, 0.3) is 0 Å². The smallest absolute Gasteiger partial charge is 0.0489 e. The summed E-state index contributed by atoms with van der Waals surface area (Å²) < 4.78 is 1.99. The van der Waals surface area contributed by atoms with E-state index in [1.54, 1.807) is 0 Å². The maximum atomic E-state index is 4.18. The van der Waals surface area contributed by atoms with Crippen molar-refractivity contribution >= 4 is 0 Å². The van der Waals surface area contributed by atoms with Crippen LogP contribution in [0.4, 0.5) is 0 Å². The number of hydrogen-bond donors (Lipinski definition) is 1. The second-order valence-electron chi connectivity index (χ2n) is 3.97. The van der Waals surface area contributed by atoms with Crippen LogP contribution in [0.3, 0.4) is 0 Å². The summed E-state index contributed by atoms with van der Waals surface area (Å²) >= 11 is 0. The normalized spacial score (nSPS) is 12.9. The first-order valence-electron chi connectivity index (χ1n) is 6.07. The quantitative estimate of drug-likeness (QED) is 0.666. The second-order valence-corrected chi connectivity index (χ2v) is 3.97. The van der Waals surface area contributed by atoms with Crippen LogP contribution in [0, 0.1) is 0 Å². The van der Waals surface area contributed by atoms with Crippen LogP contribution in [0.15, 0.2) is 18.5 Å². The second kappa shape index (κ2) is 7.46. The van der Waals surface area contributed by atoms with Crippen molar-refractivity contribution < 1.29 is 0 Å². The van der Waals surface area contributed by atoms with E-state index in [2.05, 4.69) is 24.3 Å². The van der Waals surface area contributed by atoms with Crippen LogP contribution in [-0.2, 0) is 6.54 Å². The topological polar surface area (TPSA) is 29.9 Å². The monoisotopic (exact) mass is 209 g/mol. The van der Waals surface area contributed by atoms with Crippen LogP contribution >= 0.6 is 0 Å². The highest BCUT2D eigenvalue weighted by Crippen LogP contribution is 2.00. The lowest BCUT2D eigenvalue weighted by molar-refractivity contribution is 0.443. The van der Waals surface area contributed by atoms with Gasteiger partial charge in [-0.25, -0.2) is 0 Å². The van der Waals surface area contributed by atoms with Gasteiger partial charge in [0, 0.05) is 25.0 Å². The first-order valence-corrected chi connectivity index (χ1v) is 6.07. The average molecular weight is 209 g/mol. The van der Waals surface area contributed by atoms with Crippen LogP contribution in [0.25, 0.3) is 0 Å². The van der Waals surface area contributed by atoms with Crippen molar-refractivity contribution in [2.75, 3.05) is 6.54 Å². The lowest BCUT2D eigenvalue weighted by Crippen LogP contribution is -2.29. The van der Waals surface area contributed by atoms with Crippen LogP contribution in [-0.4, -0.2) is 22.4 Å². The molecule has 0 aliphatic carbocycles. The third kappa shape index (κ3) is 4.98. The summed E-state index contributed by atoms with van der Waals surface area (Å²) in [6.07, 6.45) is 8.79. The molecule has 1 heterocycles. The van der Waals surface area contributed by atoms with Crippen molar-refractivity contribution in [2.24, 2.45) is 0 Å². The Hall–Kier alpha value is -0.830. The van der Waals surface area contributed by atoms with E-state index in [0.717, 1.165) is 19.5 Å². The molecular weight excluding hydrogens is 186 g/mol. The third-order valence-corrected chi connectivity index (χ3v) is 2.69. The van der Waals surface area contributed by atoms with Gasteiger partial charge in [-0.1, -0.05) is 20.3 Å². The molecule has 0 radical (unpaired) electrons. The van der Waals surface area contributed by atoms with E-state index in [9.17, 15) is 0 Å². The zero-order chi connectivity index (χ0) is 10.9. The molecule has 1 N–H and O–H groups in total. The number of nitrogens with zero attached hydrogens (tertiary/aromatic N) is 2. The van der Waals surface area contributed by atoms with Crippen molar-refractivity contribution in [3.05, 3.63) is 18.5 Å². The standard InChI is InChI=1S/C12H23N3/c1-3-7-12(4-2)13-8-5-10-15-11-6-9-14-15/h6,9,11-13H,3-5,7-8,10H2,1-2H3. The van der Waals surface area contributed by atoms with Gasteiger partial charge in [-0.05, 0) is 31.9 Å². The van der Waals surface area contributed by atoms with E-state index in [1.807, 2.05) is 23.1 Å². The Kier molecular flexibility index (Phi) is 6.09. The predicted octanol–water partition coefficient (Wildman–Crippen LogP) is 2.44. The van der Waals surface area contributed by atoms with Gasteiger partial charge in [-0.15, -0.1) is 0 Å². The first kappa shape index (κ1) is 12.2. The van der Waals surface area contributed by atoms with Gasteiger partial charge in [0.15, 0.2) is 0 Å². The van der Waals surface area contributed by atoms with Crippen LogP contribution in [0.1, 0.15) is 39.5 Å². The number of hydrogen-bond acceptors (Lipinski definition) is 2. The van der Waals surface area contributed by atoms with Crippen LogP contribution < -0.4 is 5.32 Å². The molecule has 0 spiro atoms. The minimum absolute atomic E-state index is 0.702. The Morgan fingerprint density at radius 2 is 2.27 bits per heavy atom. The van der Waals surface area contributed by atoms with Crippen molar-refractivity contribution in [3.8, 4) is 0 Å². The molecule has 0 saturated carbocycles. The minimum atomic E-state index is 0.702. The molecule has 0 saturated heterocycles. The van der Waals surface area contributed by atoms with Gasteiger partial charge in [0.05, 0.1) is 0 Å². The highest BCUT2D eigenvalue weighted by molar-refractivity contribution is 4.77. The van der Waals surface area contributed by atoms with Gasteiger partial charge >= 0.3 is 0 Å². The van der Waals surface area contributed by atoms with Gasteiger partial charge < -0.3 is 5.32 Å². The van der Waals surface area contributed by atoms with E-state index in [-0.39, 0.29) is 0 Å². The Labute approximate surface area is 92.9 Å². The fourth-order valence-electron chi connectivity index (χ4n) is 1.78. The molecule has 3 nitrogen and oxygen atoms in total. The number of nitrogens with one attached hydrogen (secondary N) is 1. The maximum Gasteiger partial charge on any atom is 0.0489 e. The van der Waals surface area contributed by atoms with Crippen molar-refractivity contribution in [2.45, 2.75) is 52.1 Å². The molecule has 0 aliphatic heterocycles. The summed E-state index contributed by atoms with van der Waals surface area (Å²) in [6.45, 7) is 6.61. The van der Waals surface area contributed by atoms with Gasteiger partial charge in [0.1, 0.15) is 0 Å². The SMILES string of the molecule is CCCC(CC)NCCCn1cccn1. The minimum Gasteiger partial charge on any atom is -0.314 e. The zero-order valence-electron chi connectivity index (χ0n) is 9.95. The molecule has 86 valence electrons. The summed E-state index contributed by atoms with van der Waals surface area (Å²) in [7, 11) is 0. The summed E-state index contributed by atoms with van der Waals surface area (Å²) in [5, 5.41) is 7.77. The Morgan fingerprint density at radius 1 is 1.40 bits per heavy atom. The fraction of sp³-hybridized carbons (Fsp3) is 0.750. The molecule has 0 bridgehead atoms. The average Bonchev–Trinajstić information content (AvgIpc) is 2.75. The lowest BCUT2D eigenvalue weighted by Gasteiger charge is -2.15. The summed E-state index contributed by atoms with van der Waals surface area (Å²) in [5.41, 5.74) is 0. The highest BCUT2D eigenvalue weighted by atomic mass is 15.3. The molecule has 0 fully saturated rings. The molecule has 1 unspecified atom stereocenters. The Balaban J connectivity index is 2.05. The summed E-state index contributed by atoms with van der Waals surface area (Å²) in [4.78, 5) is 0. The number of aryl methyl sites for hydroxylation is 1. The van der Waals surface area contributed by atoms with Crippen LogP contribution in [0.5, 0.6) is 0 Å². The fourth-order valence-corrected chi connectivity index (χ4v) is 1.78. The first-order chi connectivity index (χ1) is 7.36. The molecule has 15 heavy (non-hydrogen) atoms. The largest absolute Gasteiger partial charge is 0.314 e. The molecular formula is C12H23N3. The summed E-state index contributed by atoms with van der Waals surface area (Å²) in [6, 6.07) is 2.67. The van der Waals surface area contributed by atoms with Crippen molar-refractivity contribution in [1.82, 2.24) is 15.1 Å². The predicted molar refractivity (Wildman–Crippen MR) is 63.8 cm³/mol. The van der Waals surface area contributed by atoms with E-state index in [4.69, 9.17) is 0 Å². The molecule has 0 aliphatic rings. The molecule has 0 aromatic carbocycles. The van der Waals surface area contributed by atoms with Crippen molar-refractivity contribution in [1.29, 1.82) is 0 Å². The zero-order valence-corrected chi connectivity index (χ0v) is 9.95. The maximum absolute atomic E-state index is 4.18. The number of aromatic nitrogens is 2. The summed E-state index contributed by atoms with van der Waals surface area (Å²) in [5.74, 6) is 0. The molecule has 1 rings (SSSR count). The van der Waals surface area contributed by atoms with Gasteiger partial charge in [-0.3, -0.25) is 4.68 Å². The number of rotatable bonds is 8. The Bertz CT molecular complexity index is 231. The molecule has 1 atom stereocenters. The highest BCUT2D eigenvalue weighted by Gasteiger charge is 2.02. The Morgan fingerprint density at radius 3 is 2.87 bits per heavy atom. The molecule has 1 aromatic rings. The van der Waals surface area contributed by atoms with Gasteiger partial charge in [0.2, 0.25) is 0 Å². The molecule has 3 heteroatoms. The molecule has 1 aromatic heterocycles. The van der Waals surface area contributed by atoms with Crippen LogP contribution in [0.2, 0.25) is 0 Å². The van der Waals surface area contributed by atoms with E-state index in [1.165, 1.54) is 19.3 Å². The van der Waals surface area contributed by atoms with E-state index >= 15 is 0 Å². The van der Waals surface area contributed by atoms with E-state index in [0.29, 0.717) is 6.04 Å². The van der Waals surface area contributed by atoms with Crippen molar-refractivity contribution in [3.63, 3.8) is 0 Å². The molecule has 0 amide bonds. The van der Waals surface area contributed by atoms with E-state index < -0.39 is 0 Å².